The standard InChI is InChI=1S/C15H18N4O4/c1-2-12(20)10-18(9-11-6-4-3-5-7-11)15(21)14-13(19(22)23)8-16-17-14/h3-8,12,20H,2,9-10H2,1H3,(H,16,17). The van der Waals surface area contributed by atoms with Gasteiger partial charge in [0, 0.05) is 13.1 Å². The van der Waals surface area contributed by atoms with Crippen LogP contribution in [-0.4, -0.2) is 43.7 Å². The van der Waals surface area contributed by atoms with Crippen LogP contribution >= 0.6 is 0 Å². The van der Waals surface area contributed by atoms with Crippen molar-refractivity contribution in [2.24, 2.45) is 0 Å². The summed E-state index contributed by atoms with van der Waals surface area (Å²) >= 11 is 0. The first-order valence-electron chi connectivity index (χ1n) is 7.22. The van der Waals surface area contributed by atoms with Gasteiger partial charge in [-0.3, -0.25) is 20.0 Å². The molecule has 0 fully saturated rings. The van der Waals surface area contributed by atoms with Crippen LogP contribution in [0.5, 0.6) is 0 Å². The normalized spacial score (nSPS) is 11.9. The molecule has 8 heteroatoms. The first-order valence-corrected chi connectivity index (χ1v) is 7.22. The van der Waals surface area contributed by atoms with Crippen molar-refractivity contribution in [3.8, 4) is 0 Å². The number of aliphatic hydroxyl groups is 1. The Morgan fingerprint density at radius 2 is 2.13 bits per heavy atom. The lowest BCUT2D eigenvalue weighted by atomic mass is 10.1. The zero-order chi connectivity index (χ0) is 16.8. The van der Waals surface area contributed by atoms with Gasteiger partial charge in [-0.25, -0.2) is 0 Å². The second-order valence-corrected chi connectivity index (χ2v) is 5.12. The van der Waals surface area contributed by atoms with Crippen molar-refractivity contribution in [3.05, 3.63) is 57.9 Å². The predicted octanol–water partition coefficient (Wildman–Crippen LogP) is 1.73. The van der Waals surface area contributed by atoms with Crippen LogP contribution in [-0.2, 0) is 6.54 Å². The SMILES string of the molecule is CCC(O)CN(Cc1ccccc1)C(=O)c1[nH]ncc1[N+](=O)[O-]. The summed E-state index contributed by atoms with van der Waals surface area (Å²) in [6.07, 6.45) is 0.776. The van der Waals surface area contributed by atoms with Crippen molar-refractivity contribution in [1.29, 1.82) is 0 Å². The lowest BCUT2D eigenvalue weighted by Crippen LogP contribution is -2.37. The molecule has 0 aliphatic carbocycles. The number of amides is 1. The van der Waals surface area contributed by atoms with Crippen LogP contribution < -0.4 is 0 Å². The molecule has 0 saturated heterocycles. The van der Waals surface area contributed by atoms with Gasteiger partial charge in [0.2, 0.25) is 5.69 Å². The molecule has 1 unspecified atom stereocenters. The maximum Gasteiger partial charge on any atom is 0.319 e. The Bertz CT molecular complexity index is 671. The Labute approximate surface area is 132 Å². The number of carbonyl (C=O) groups excluding carboxylic acids is 1. The third kappa shape index (κ3) is 4.13. The highest BCUT2D eigenvalue weighted by Crippen LogP contribution is 2.18. The molecule has 23 heavy (non-hydrogen) atoms. The number of carbonyl (C=O) groups is 1. The third-order valence-electron chi connectivity index (χ3n) is 3.44. The van der Waals surface area contributed by atoms with E-state index >= 15 is 0 Å². The van der Waals surface area contributed by atoms with Gasteiger partial charge in [-0.05, 0) is 12.0 Å². The number of nitro groups is 1. The van der Waals surface area contributed by atoms with Crippen molar-refractivity contribution < 1.29 is 14.8 Å². The molecule has 1 heterocycles. The summed E-state index contributed by atoms with van der Waals surface area (Å²) in [6, 6.07) is 9.23. The van der Waals surface area contributed by atoms with Gasteiger partial charge in [0.25, 0.3) is 5.91 Å². The fourth-order valence-electron chi connectivity index (χ4n) is 2.14. The van der Waals surface area contributed by atoms with Crippen LogP contribution in [0, 0.1) is 10.1 Å². The van der Waals surface area contributed by atoms with E-state index in [1.807, 2.05) is 30.3 Å². The van der Waals surface area contributed by atoms with Gasteiger partial charge in [0.1, 0.15) is 6.20 Å². The van der Waals surface area contributed by atoms with Gasteiger partial charge in [-0.15, -0.1) is 0 Å². The van der Waals surface area contributed by atoms with Gasteiger partial charge < -0.3 is 10.0 Å². The third-order valence-corrected chi connectivity index (χ3v) is 3.44. The van der Waals surface area contributed by atoms with Gasteiger partial charge in [0.05, 0.1) is 11.0 Å². The maximum atomic E-state index is 12.6. The molecular formula is C15H18N4O4. The van der Waals surface area contributed by atoms with Gasteiger partial charge in [-0.1, -0.05) is 37.3 Å². The summed E-state index contributed by atoms with van der Waals surface area (Å²) in [5.74, 6) is -0.564. The number of nitrogens with zero attached hydrogens (tertiary/aromatic N) is 3. The topological polar surface area (TPSA) is 112 Å². The molecule has 1 aromatic heterocycles. The number of hydrogen-bond acceptors (Lipinski definition) is 5. The maximum absolute atomic E-state index is 12.6. The lowest BCUT2D eigenvalue weighted by Gasteiger charge is -2.24. The molecule has 2 rings (SSSR count). The highest BCUT2D eigenvalue weighted by Gasteiger charge is 2.28. The van der Waals surface area contributed by atoms with E-state index < -0.39 is 16.9 Å². The first kappa shape index (κ1) is 16.6. The predicted molar refractivity (Wildman–Crippen MR) is 82.7 cm³/mol. The summed E-state index contributed by atoms with van der Waals surface area (Å²) in [5, 5.41) is 26.8. The number of hydrogen-bond donors (Lipinski definition) is 2. The summed E-state index contributed by atoms with van der Waals surface area (Å²) in [4.78, 5) is 24.3. The van der Waals surface area contributed by atoms with Gasteiger partial charge in [-0.2, -0.15) is 5.10 Å². The molecule has 122 valence electrons. The average Bonchev–Trinajstić information content (AvgIpc) is 3.04. The Hall–Kier alpha value is -2.74. The monoisotopic (exact) mass is 318 g/mol. The Balaban J connectivity index is 2.26. The minimum absolute atomic E-state index is 0.0837. The number of aliphatic hydroxyl groups excluding tert-OH is 1. The van der Waals surface area contributed by atoms with Gasteiger partial charge in [0.15, 0.2) is 0 Å². The number of aromatic nitrogens is 2. The minimum atomic E-state index is -0.704. The fourth-order valence-corrected chi connectivity index (χ4v) is 2.14. The van der Waals surface area contributed by atoms with Crippen LogP contribution in [0.25, 0.3) is 0 Å². The molecule has 2 N–H and O–H groups in total. The van der Waals surface area contributed by atoms with E-state index in [4.69, 9.17) is 0 Å². The highest BCUT2D eigenvalue weighted by atomic mass is 16.6. The van der Waals surface area contributed by atoms with Crippen LogP contribution in [0.1, 0.15) is 29.4 Å². The molecule has 0 aliphatic heterocycles. The van der Waals surface area contributed by atoms with Crippen molar-refractivity contribution >= 4 is 11.6 Å². The molecule has 1 aromatic carbocycles. The molecule has 1 amide bonds. The number of H-pyrrole nitrogens is 1. The lowest BCUT2D eigenvalue weighted by molar-refractivity contribution is -0.385. The molecule has 0 saturated carbocycles. The summed E-state index contributed by atoms with van der Waals surface area (Å²) < 4.78 is 0. The molecule has 0 spiro atoms. The number of nitrogens with one attached hydrogen (secondary N) is 1. The molecule has 8 nitrogen and oxygen atoms in total. The van der Waals surface area contributed by atoms with Crippen LogP contribution in [0.2, 0.25) is 0 Å². The van der Waals surface area contributed by atoms with Crippen LogP contribution in [0.3, 0.4) is 0 Å². The quantitative estimate of drug-likeness (QED) is 0.596. The van der Waals surface area contributed by atoms with E-state index in [1.54, 1.807) is 6.92 Å². The molecular weight excluding hydrogens is 300 g/mol. The Kier molecular flexibility index (Phi) is 5.42. The summed E-state index contributed by atoms with van der Waals surface area (Å²) in [5.41, 5.74) is 0.305. The Morgan fingerprint density at radius 1 is 1.43 bits per heavy atom. The molecule has 2 aromatic rings. The van der Waals surface area contributed by atoms with E-state index in [9.17, 15) is 20.0 Å². The van der Waals surface area contributed by atoms with Crippen molar-refractivity contribution in [2.75, 3.05) is 6.54 Å². The summed E-state index contributed by atoms with van der Waals surface area (Å²) in [7, 11) is 0. The summed E-state index contributed by atoms with van der Waals surface area (Å²) in [6.45, 7) is 2.13. The molecule has 0 radical (unpaired) electrons. The van der Waals surface area contributed by atoms with Crippen molar-refractivity contribution in [3.63, 3.8) is 0 Å². The zero-order valence-electron chi connectivity index (χ0n) is 12.7. The highest BCUT2D eigenvalue weighted by molar-refractivity contribution is 5.96. The van der Waals surface area contributed by atoms with E-state index in [0.717, 1.165) is 11.8 Å². The van der Waals surface area contributed by atoms with E-state index in [2.05, 4.69) is 10.2 Å². The molecule has 0 aliphatic rings. The van der Waals surface area contributed by atoms with Gasteiger partial charge >= 0.3 is 5.69 Å². The van der Waals surface area contributed by atoms with E-state index in [-0.39, 0.29) is 24.5 Å². The van der Waals surface area contributed by atoms with Crippen LogP contribution in [0.15, 0.2) is 36.5 Å². The second kappa shape index (κ2) is 7.50. The Morgan fingerprint density at radius 3 is 2.74 bits per heavy atom. The second-order valence-electron chi connectivity index (χ2n) is 5.12. The average molecular weight is 318 g/mol. The number of rotatable bonds is 7. The van der Waals surface area contributed by atoms with Crippen molar-refractivity contribution in [1.82, 2.24) is 15.1 Å². The number of aromatic amines is 1. The largest absolute Gasteiger partial charge is 0.391 e. The minimum Gasteiger partial charge on any atom is -0.391 e. The fraction of sp³-hybridized carbons (Fsp3) is 0.333. The number of benzene rings is 1. The van der Waals surface area contributed by atoms with Crippen molar-refractivity contribution in [2.45, 2.75) is 26.0 Å². The molecule has 0 bridgehead atoms. The van der Waals surface area contributed by atoms with E-state index in [0.29, 0.717) is 6.42 Å². The smallest absolute Gasteiger partial charge is 0.319 e. The van der Waals surface area contributed by atoms with E-state index in [1.165, 1.54) is 4.90 Å². The zero-order valence-corrected chi connectivity index (χ0v) is 12.7. The van der Waals surface area contributed by atoms with Crippen LogP contribution in [0.4, 0.5) is 5.69 Å². The first-order chi connectivity index (χ1) is 11.0. The molecule has 1 atom stereocenters.